The van der Waals surface area contributed by atoms with Crippen LogP contribution in [0.1, 0.15) is 19.3 Å². The third kappa shape index (κ3) is 9.81. The van der Waals surface area contributed by atoms with E-state index < -0.39 is 25.0 Å². The summed E-state index contributed by atoms with van der Waals surface area (Å²) in [7, 11) is 0. The minimum atomic E-state index is -1.29. The van der Waals surface area contributed by atoms with E-state index in [-0.39, 0.29) is 34.9 Å². The first-order valence-corrected chi connectivity index (χ1v) is 8.19. The average molecular weight is 393 g/mol. The van der Waals surface area contributed by atoms with Gasteiger partial charge in [-0.1, -0.05) is 12.1 Å². The maximum atomic E-state index is 11.0. The molecule has 8 nitrogen and oxygen atoms in total. The van der Waals surface area contributed by atoms with Crippen LogP contribution in [0.3, 0.4) is 0 Å². The molecule has 0 aliphatic heterocycles. The van der Waals surface area contributed by atoms with Gasteiger partial charge in [0.15, 0.2) is 0 Å². The number of hydrogen-bond donors (Lipinski definition) is 2. The third-order valence-corrected chi connectivity index (χ3v) is 4.01. The molecule has 0 aromatic carbocycles. The van der Waals surface area contributed by atoms with Crippen LogP contribution in [0, 0.1) is 0 Å². The number of amides is 2. The molecule has 2 amide bonds. The average Bonchev–Trinajstić information content (AvgIpc) is 3.23. The van der Waals surface area contributed by atoms with E-state index >= 15 is 0 Å². The number of carboxylic acids is 2. The summed E-state index contributed by atoms with van der Waals surface area (Å²) in [6.07, 6.45) is 0. The fraction of sp³-hybridized carbons (Fsp3) is 0.143. The Morgan fingerprint density at radius 2 is 1.16 bits per heavy atom. The van der Waals surface area contributed by atoms with Crippen LogP contribution < -0.4 is 20.8 Å². The molecule has 0 bridgehead atoms. The van der Waals surface area contributed by atoms with Crippen molar-refractivity contribution in [3.63, 3.8) is 0 Å². The zero-order valence-electron chi connectivity index (χ0n) is 12.9. The predicted octanol–water partition coefficient (Wildman–Crippen LogP) is -1.93. The minimum absolute atomic E-state index is 0. The summed E-state index contributed by atoms with van der Waals surface area (Å²) >= 11 is 2.51. The van der Waals surface area contributed by atoms with Crippen molar-refractivity contribution in [3.8, 4) is 0 Å². The van der Waals surface area contributed by atoms with E-state index in [1.54, 1.807) is 35.0 Å². The first kappa shape index (κ1) is 23.0. The van der Waals surface area contributed by atoms with Gasteiger partial charge >= 0.3 is 23.1 Å². The van der Waals surface area contributed by atoms with Crippen molar-refractivity contribution in [2.45, 2.75) is 0 Å². The van der Waals surface area contributed by atoms with Crippen LogP contribution in [-0.4, -0.2) is 59.9 Å². The molecule has 2 N–H and O–H groups in total. The Morgan fingerprint density at radius 1 is 0.800 bits per heavy atom. The second-order valence-electron chi connectivity index (χ2n) is 4.06. The largest absolute Gasteiger partial charge is 2.00 e. The Kier molecular flexibility index (Phi) is 11.4. The van der Waals surface area contributed by atoms with Gasteiger partial charge in [0.05, 0.1) is 34.8 Å². The number of aliphatic carboxylic acids is 2. The standard InChI is InChI=1S/2C7H7NO3S.Mg/c2*9-6(10)4-8-7(11)5-2-1-3-12-5;/h2*1-3H,4H2,(H,8,11)(H,9,10);/q;;+2/p-2. The van der Waals surface area contributed by atoms with Gasteiger partial charge in [0.25, 0.3) is 11.8 Å². The van der Waals surface area contributed by atoms with Gasteiger partial charge in [-0.15, -0.1) is 22.7 Å². The minimum Gasteiger partial charge on any atom is -0.548 e. The summed E-state index contributed by atoms with van der Waals surface area (Å²) in [4.78, 5) is 42.9. The fourth-order valence-corrected chi connectivity index (χ4v) is 2.57. The van der Waals surface area contributed by atoms with Crippen molar-refractivity contribution in [2.75, 3.05) is 13.1 Å². The van der Waals surface area contributed by atoms with E-state index in [1.807, 2.05) is 0 Å². The van der Waals surface area contributed by atoms with E-state index in [2.05, 4.69) is 10.6 Å². The number of hydrogen-bond acceptors (Lipinski definition) is 8. The topological polar surface area (TPSA) is 138 Å². The van der Waals surface area contributed by atoms with E-state index in [0.717, 1.165) is 0 Å². The first-order valence-electron chi connectivity index (χ1n) is 6.43. The maximum Gasteiger partial charge on any atom is 2.00 e. The van der Waals surface area contributed by atoms with Crippen LogP contribution in [0.4, 0.5) is 0 Å². The molecule has 0 saturated heterocycles. The second-order valence-corrected chi connectivity index (χ2v) is 5.96. The van der Waals surface area contributed by atoms with Crippen LogP contribution in [0.15, 0.2) is 35.0 Å². The van der Waals surface area contributed by atoms with Crippen molar-refractivity contribution in [3.05, 3.63) is 44.8 Å². The predicted molar refractivity (Wildman–Crippen MR) is 89.1 cm³/mol. The first-order chi connectivity index (χ1) is 11.4. The zero-order valence-corrected chi connectivity index (χ0v) is 15.9. The van der Waals surface area contributed by atoms with Crippen LogP contribution in [0.2, 0.25) is 0 Å². The second kappa shape index (κ2) is 12.4. The van der Waals surface area contributed by atoms with Gasteiger partial charge in [0.1, 0.15) is 0 Å². The van der Waals surface area contributed by atoms with E-state index in [9.17, 15) is 29.4 Å². The van der Waals surface area contributed by atoms with Crippen molar-refractivity contribution in [1.29, 1.82) is 0 Å². The SMILES string of the molecule is O=C([O-])CNC(=O)c1cccs1.O=C([O-])CNC(=O)c1cccs1.[Mg+2]. The number of carbonyl (C=O) groups excluding carboxylic acids is 4. The van der Waals surface area contributed by atoms with Crippen LogP contribution in [0.5, 0.6) is 0 Å². The Morgan fingerprint density at radius 3 is 1.40 bits per heavy atom. The molecule has 2 aromatic heterocycles. The van der Waals surface area contributed by atoms with E-state index in [0.29, 0.717) is 9.75 Å². The molecule has 2 rings (SSSR count). The molecule has 2 aromatic rings. The van der Waals surface area contributed by atoms with Crippen molar-refractivity contribution in [2.24, 2.45) is 0 Å². The van der Waals surface area contributed by atoms with Crippen LogP contribution in [0.25, 0.3) is 0 Å². The van der Waals surface area contributed by atoms with Crippen molar-refractivity contribution < 1.29 is 29.4 Å². The summed E-state index contributed by atoms with van der Waals surface area (Å²) in [5, 5.41) is 27.8. The maximum absolute atomic E-state index is 11.0. The Labute approximate surface area is 167 Å². The summed E-state index contributed by atoms with van der Waals surface area (Å²) < 4.78 is 0. The van der Waals surface area contributed by atoms with Crippen molar-refractivity contribution in [1.82, 2.24) is 10.6 Å². The molecule has 0 atom stereocenters. The monoisotopic (exact) mass is 392 g/mol. The zero-order chi connectivity index (χ0) is 17.9. The number of nitrogens with one attached hydrogen (secondary N) is 2. The molecule has 0 spiro atoms. The number of rotatable bonds is 6. The molecule has 11 heteroatoms. The summed E-state index contributed by atoms with van der Waals surface area (Å²) in [5.41, 5.74) is 0. The molecular weight excluding hydrogens is 381 g/mol. The molecule has 0 fully saturated rings. The van der Waals surface area contributed by atoms with Crippen LogP contribution >= 0.6 is 22.7 Å². The molecule has 0 unspecified atom stereocenters. The summed E-state index contributed by atoms with van der Waals surface area (Å²) in [6, 6.07) is 6.68. The van der Waals surface area contributed by atoms with Gasteiger partial charge in [-0.05, 0) is 22.9 Å². The molecule has 0 saturated carbocycles. The van der Waals surface area contributed by atoms with Gasteiger partial charge in [-0.2, -0.15) is 0 Å². The van der Waals surface area contributed by atoms with Crippen LogP contribution in [-0.2, 0) is 9.59 Å². The van der Waals surface area contributed by atoms with E-state index in [1.165, 1.54) is 22.7 Å². The molecule has 0 radical (unpaired) electrons. The molecule has 2 heterocycles. The summed E-state index contributed by atoms with van der Waals surface area (Å²) in [6.45, 7) is -0.895. The molecule has 25 heavy (non-hydrogen) atoms. The fourth-order valence-electron chi connectivity index (χ4n) is 1.29. The van der Waals surface area contributed by atoms with Gasteiger partial charge in [-0.3, -0.25) is 9.59 Å². The molecular formula is C14H12MgN2O6S2. The smallest absolute Gasteiger partial charge is 0.548 e. The summed E-state index contributed by atoms with van der Waals surface area (Å²) in [5.74, 6) is -3.34. The normalized spacial score (nSPS) is 8.96. The number of carboxylic acid groups (broad SMARTS) is 2. The number of thiophene rings is 2. The van der Waals surface area contributed by atoms with Crippen molar-refractivity contribution >= 4 is 69.5 Å². The van der Waals surface area contributed by atoms with Gasteiger partial charge < -0.3 is 30.4 Å². The number of carbonyl (C=O) groups is 4. The van der Waals surface area contributed by atoms with Gasteiger partial charge in [0, 0.05) is 0 Å². The Hall–Kier alpha value is -1.95. The molecule has 0 aliphatic rings. The molecule has 128 valence electrons. The van der Waals surface area contributed by atoms with E-state index in [4.69, 9.17) is 0 Å². The Balaban J connectivity index is 0.000000443. The van der Waals surface area contributed by atoms with Gasteiger partial charge in [0.2, 0.25) is 0 Å². The molecule has 0 aliphatic carbocycles. The third-order valence-electron chi connectivity index (χ3n) is 2.28. The Bertz CT molecular complexity index is 628. The quantitative estimate of drug-likeness (QED) is 0.549. The van der Waals surface area contributed by atoms with Gasteiger partial charge in [-0.25, -0.2) is 0 Å².